The minimum Gasteiger partial charge on any atom is -0.370 e. The molecule has 0 aliphatic rings. The van der Waals surface area contributed by atoms with Crippen molar-refractivity contribution < 1.29 is 4.79 Å². The Bertz CT molecular complexity index is 92.5. The van der Waals surface area contributed by atoms with Crippen LogP contribution in [0.25, 0.3) is 0 Å². The van der Waals surface area contributed by atoms with Gasteiger partial charge in [-0.3, -0.25) is 4.79 Å². The summed E-state index contributed by atoms with van der Waals surface area (Å²) in [5.74, 6) is -0.193. The maximum atomic E-state index is 9.98. The SMILES string of the molecule is CCCCC(N)=O.CCNCC. The first-order valence-electron chi connectivity index (χ1n) is 4.67. The highest BCUT2D eigenvalue weighted by molar-refractivity contribution is 5.73. The zero-order valence-electron chi connectivity index (χ0n) is 8.52. The van der Waals surface area contributed by atoms with Gasteiger partial charge in [0.1, 0.15) is 0 Å². The molecule has 0 rings (SSSR count). The van der Waals surface area contributed by atoms with Gasteiger partial charge in [-0.1, -0.05) is 27.2 Å². The Kier molecular flexibility index (Phi) is 15.2. The first-order chi connectivity index (χ1) is 5.68. The highest BCUT2D eigenvalue weighted by atomic mass is 16.1. The molecule has 0 bridgehead atoms. The van der Waals surface area contributed by atoms with Crippen molar-refractivity contribution in [3.63, 3.8) is 0 Å². The van der Waals surface area contributed by atoms with Crippen molar-refractivity contribution in [3.05, 3.63) is 0 Å². The summed E-state index contributed by atoms with van der Waals surface area (Å²) in [6.45, 7) is 8.42. The molecule has 74 valence electrons. The van der Waals surface area contributed by atoms with Crippen LogP contribution >= 0.6 is 0 Å². The van der Waals surface area contributed by atoms with Crippen LogP contribution in [-0.2, 0) is 4.79 Å². The second kappa shape index (κ2) is 13.1. The molecule has 0 aromatic carbocycles. The van der Waals surface area contributed by atoms with Gasteiger partial charge in [-0.2, -0.15) is 0 Å². The average molecular weight is 174 g/mol. The van der Waals surface area contributed by atoms with E-state index in [4.69, 9.17) is 5.73 Å². The van der Waals surface area contributed by atoms with Crippen LogP contribution in [0.5, 0.6) is 0 Å². The molecule has 3 N–H and O–H groups in total. The van der Waals surface area contributed by atoms with Crippen molar-refractivity contribution in [2.24, 2.45) is 5.73 Å². The Morgan fingerprint density at radius 3 is 1.83 bits per heavy atom. The Hall–Kier alpha value is -0.570. The minimum absolute atomic E-state index is 0.193. The van der Waals surface area contributed by atoms with Crippen LogP contribution in [0.2, 0.25) is 0 Å². The summed E-state index contributed by atoms with van der Waals surface area (Å²) in [5.41, 5.74) is 4.84. The lowest BCUT2D eigenvalue weighted by Crippen LogP contribution is -2.09. The first-order valence-corrected chi connectivity index (χ1v) is 4.67. The third-order valence-electron chi connectivity index (χ3n) is 1.28. The third-order valence-corrected chi connectivity index (χ3v) is 1.28. The largest absolute Gasteiger partial charge is 0.370 e. The number of rotatable bonds is 5. The lowest BCUT2D eigenvalue weighted by molar-refractivity contribution is -0.118. The zero-order valence-corrected chi connectivity index (χ0v) is 8.52. The van der Waals surface area contributed by atoms with Gasteiger partial charge in [-0.05, 0) is 19.5 Å². The van der Waals surface area contributed by atoms with Gasteiger partial charge >= 0.3 is 0 Å². The van der Waals surface area contributed by atoms with E-state index >= 15 is 0 Å². The van der Waals surface area contributed by atoms with Gasteiger partial charge in [0.2, 0.25) is 5.91 Å². The second-order valence-corrected chi connectivity index (χ2v) is 2.53. The van der Waals surface area contributed by atoms with Crippen LogP contribution in [-0.4, -0.2) is 19.0 Å². The number of amides is 1. The quantitative estimate of drug-likeness (QED) is 0.659. The molecule has 0 aliphatic heterocycles. The number of nitrogens with one attached hydrogen (secondary N) is 1. The van der Waals surface area contributed by atoms with E-state index in [1.165, 1.54) is 0 Å². The molecule has 0 heterocycles. The van der Waals surface area contributed by atoms with Crippen LogP contribution in [0.3, 0.4) is 0 Å². The molecular weight excluding hydrogens is 152 g/mol. The van der Waals surface area contributed by atoms with Crippen molar-refractivity contribution in [2.75, 3.05) is 13.1 Å². The Morgan fingerprint density at radius 1 is 1.25 bits per heavy atom. The third kappa shape index (κ3) is 22.7. The molecule has 0 aliphatic carbocycles. The molecule has 0 unspecified atom stereocenters. The molecule has 0 radical (unpaired) electrons. The van der Waals surface area contributed by atoms with Gasteiger partial charge in [0.25, 0.3) is 0 Å². The molecule has 0 atom stereocenters. The van der Waals surface area contributed by atoms with Gasteiger partial charge < -0.3 is 11.1 Å². The van der Waals surface area contributed by atoms with Gasteiger partial charge in [0.15, 0.2) is 0 Å². The Morgan fingerprint density at radius 2 is 1.75 bits per heavy atom. The van der Waals surface area contributed by atoms with Crippen LogP contribution < -0.4 is 11.1 Å². The maximum Gasteiger partial charge on any atom is 0.217 e. The fourth-order valence-corrected chi connectivity index (χ4v) is 0.601. The summed E-state index contributed by atoms with van der Waals surface area (Å²) in [5, 5.41) is 3.11. The van der Waals surface area contributed by atoms with Gasteiger partial charge in [-0.15, -0.1) is 0 Å². The molecule has 1 amide bonds. The van der Waals surface area contributed by atoms with E-state index in [1.807, 2.05) is 6.92 Å². The molecule has 3 heteroatoms. The van der Waals surface area contributed by atoms with Gasteiger partial charge in [0.05, 0.1) is 0 Å². The summed E-state index contributed by atoms with van der Waals surface area (Å²) in [6.07, 6.45) is 2.51. The molecular formula is C9H22N2O. The molecule has 0 fully saturated rings. The maximum absolute atomic E-state index is 9.98. The van der Waals surface area contributed by atoms with Crippen molar-refractivity contribution in [1.82, 2.24) is 5.32 Å². The Labute approximate surface area is 75.7 Å². The molecule has 0 aromatic rings. The van der Waals surface area contributed by atoms with Crippen LogP contribution in [0.1, 0.15) is 40.0 Å². The van der Waals surface area contributed by atoms with Gasteiger partial charge in [-0.25, -0.2) is 0 Å². The summed E-state index contributed by atoms with van der Waals surface area (Å²) in [6, 6.07) is 0. The number of unbranched alkanes of at least 4 members (excludes halogenated alkanes) is 1. The number of nitrogens with two attached hydrogens (primary N) is 1. The number of carbonyl (C=O) groups is 1. The predicted octanol–water partition coefficient (Wildman–Crippen LogP) is 1.28. The molecule has 3 nitrogen and oxygen atoms in total. The molecule has 0 aromatic heterocycles. The average Bonchev–Trinajstić information content (AvgIpc) is 2.03. The van der Waals surface area contributed by atoms with Crippen molar-refractivity contribution in [2.45, 2.75) is 40.0 Å². The predicted molar refractivity (Wildman–Crippen MR) is 52.9 cm³/mol. The van der Waals surface area contributed by atoms with Crippen molar-refractivity contribution in [1.29, 1.82) is 0 Å². The standard InChI is InChI=1S/C5H11NO.C4H11N/c1-2-3-4-5(6)7;1-3-5-4-2/h2-4H2,1H3,(H2,6,7);5H,3-4H2,1-2H3. The van der Waals surface area contributed by atoms with E-state index < -0.39 is 0 Å². The number of hydrogen-bond donors (Lipinski definition) is 2. The topological polar surface area (TPSA) is 55.1 Å². The normalized spacial score (nSPS) is 8.58. The lowest BCUT2D eigenvalue weighted by atomic mass is 10.2. The van der Waals surface area contributed by atoms with Crippen molar-refractivity contribution >= 4 is 5.91 Å². The van der Waals surface area contributed by atoms with Crippen LogP contribution in [0.4, 0.5) is 0 Å². The van der Waals surface area contributed by atoms with E-state index in [9.17, 15) is 4.79 Å². The fraction of sp³-hybridized carbons (Fsp3) is 0.889. The highest BCUT2D eigenvalue weighted by Crippen LogP contribution is 1.89. The van der Waals surface area contributed by atoms with Gasteiger partial charge in [0, 0.05) is 6.42 Å². The van der Waals surface area contributed by atoms with Crippen LogP contribution in [0, 0.1) is 0 Å². The Balaban J connectivity index is 0. The smallest absolute Gasteiger partial charge is 0.217 e. The number of carbonyl (C=O) groups excluding carboxylic acids is 1. The second-order valence-electron chi connectivity index (χ2n) is 2.53. The lowest BCUT2D eigenvalue weighted by Gasteiger charge is -1.86. The summed E-state index contributed by atoms with van der Waals surface area (Å²) >= 11 is 0. The number of primary amides is 1. The van der Waals surface area contributed by atoms with Crippen molar-refractivity contribution in [3.8, 4) is 0 Å². The van der Waals surface area contributed by atoms with E-state index in [2.05, 4.69) is 19.2 Å². The number of hydrogen-bond acceptors (Lipinski definition) is 2. The molecule has 0 saturated heterocycles. The van der Waals surface area contributed by atoms with E-state index in [1.54, 1.807) is 0 Å². The van der Waals surface area contributed by atoms with E-state index in [-0.39, 0.29) is 5.91 Å². The minimum atomic E-state index is -0.193. The monoisotopic (exact) mass is 174 g/mol. The summed E-state index contributed by atoms with van der Waals surface area (Å²) < 4.78 is 0. The zero-order chi connectivity index (χ0) is 9.82. The first kappa shape index (κ1) is 14.0. The van der Waals surface area contributed by atoms with E-state index in [0.717, 1.165) is 25.9 Å². The molecule has 0 spiro atoms. The summed E-state index contributed by atoms with van der Waals surface area (Å²) in [4.78, 5) is 9.98. The van der Waals surface area contributed by atoms with Crippen LogP contribution in [0.15, 0.2) is 0 Å². The van der Waals surface area contributed by atoms with E-state index in [0.29, 0.717) is 6.42 Å². The molecule has 0 saturated carbocycles. The highest BCUT2D eigenvalue weighted by Gasteiger charge is 1.88. The summed E-state index contributed by atoms with van der Waals surface area (Å²) in [7, 11) is 0. The fourth-order valence-electron chi connectivity index (χ4n) is 0.601. The molecule has 12 heavy (non-hydrogen) atoms.